The zero-order chi connectivity index (χ0) is 21.0. The van der Waals surface area contributed by atoms with Crippen molar-refractivity contribution in [3.05, 3.63) is 52.6 Å². The fraction of sp³-hybridized carbons (Fsp3) is 0.364. The molecule has 0 saturated carbocycles. The van der Waals surface area contributed by atoms with Crippen LogP contribution in [0.25, 0.3) is 22.3 Å². The average Bonchev–Trinajstić information content (AvgIpc) is 2.99. The van der Waals surface area contributed by atoms with Crippen molar-refractivity contribution in [2.45, 2.75) is 52.1 Å². The van der Waals surface area contributed by atoms with Crippen LogP contribution in [0.4, 0.5) is 0 Å². The van der Waals surface area contributed by atoms with Gasteiger partial charge in [-0.3, -0.25) is 13.9 Å². The van der Waals surface area contributed by atoms with Crippen LogP contribution in [0, 0.1) is 11.3 Å². The van der Waals surface area contributed by atoms with E-state index in [1.165, 1.54) is 4.57 Å². The van der Waals surface area contributed by atoms with Crippen LogP contribution in [-0.4, -0.2) is 20.0 Å². The summed E-state index contributed by atoms with van der Waals surface area (Å²) >= 11 is 0. The highest BCUT2D eigenvalue weighted by Gasteiger charge is 2.25. The molecule has 0 aliphatic heterocycles. The Labute approximate surface area is 169 Å². The quantitative estimate of drug-likeness (QED) is 0.636. The standard InChI is InChI=1S/C22H25N5O2/c1-3-5-9-18(20(24)28)27-21-19(26(4-2)22(27)29)13-17(14-25-21)16-8-6-7-15(12-16)10-11-23/h6-8,12-14,18H,3-5,9-10H2,1-2H3,(H2,24,28). The molecule has 1 unspecified atom stereocenters. The van der Waals surface area contributed by atoms with Crippen LogP contribution in [0.1, 0.15) is 44.7 Å². The van der Waals surface area contributed by atoms with Crippen LogP contribution in [0.2, 0.25) is 0 Å². The number of rotatable bonds is 8. The number of amides is 1. The molecule has 0 aliphatic rings. The van der Waals surface area contributed by atoms with E-state index in [0.29, 0.717) is 30.6 Å². The van der Waals surface area contributed by atoms with E-state index < -0.39 is 11.9 Å². The van der Waals surface area contributed by atoms with Gasteiger partial charge in [-0.05, 0) is 30.5 Å². The smallest absolute Gasteiger partial charge is 0.331 e. The lowest BCUT2D eigenvalue weighted by Crippen LogP contribution is -2.34. The van der Waals surface area contributed by atoms with E-state index >= 15 is 0 Å². The molecular formula is C22H25N5O2. The molecule has 1 atom stereocenters. The number of hydrogen-bond donors (Lipinski definition) is 1. The van der Waals surface area contributed by atoms with Gasteiger partial charge in [0.2, 0.25) is 5.91 Å². The summed E-state index contributed by atoms with van der Waals surface area (Å²) in [7, 11) is 0. The third kappa shape index (κ3) is 3.92. The molecule has 1 aromatic carbocycles. The highest BCUT2D eigenvalue weighted by atomic mass is 16.2. The Kier molecular flexibility index (Phi) is 6.13. The van der Waals surface area contributed by atoms with Crippen molar-refractivity contribution >= 4 is 17.1 Å². The van der Waals surface area contributed by atoms with Crippen molar-refractivity contribution in [2.24, 2.45) is 5.73 Å². The fourth-order valence-electron chi connectivity index (χ4n) is 3.65. The van der Waals surface area contributed by atoms with E-state index in [1.807, 2.05) is 44.2 Å². The van der Waals surface area contributed by atoms with Gasteiger partial charge in [-0.15, -0.1) is 0 Å². The van der Waals surface area contributed by atoms with Crippen LogP contribution in [0.3, 0.4) is 0 Å². The molecular weight excluding hydrogens is 366 g/mol. The molecule has 3 rings (SSSR count). The van der Waals surface area contributed by atoms with Gasteiger partial charge in [0.05, 0.1) is 18.0 Å². The zero-order valence-corrected chi connectivity index (χ0v) is 16.8. The summed E-state index contributed by atoms with van der Waals surface area (Å²) < 4.78 is 3.06. The van der Waals surface area contributed by atoms with E-state index in [-0.39, 0.29) is 5.69 Å². The second-order valence-electron chi connectivity index (χ2n) is 7.06. The van der Waals surface area contributed by atoms with Crippen LogP contribution in [0.15, 0.2) is 41.3 Å². The zero-order valence-electron chi connectivity index (χ0n) is 16.8. The summed E-state index contributed by atoms with van der Waals surface area (Å²) in [6, 6.07) is 11.1. The monoisotopic (exact) mass is 391 g/mol. The van der Waals surface area contributed by atoms with Crippen LogP contribution in [-0.2, 0) is 17.8 Å². The first kappa shape index (κ1) is 20.3. The number of aryl methyl sites for hydroxylation is 1. The lowest BCUT2D eigenvalue weighted by Gasteiger charge is -2.14. The van der Waals surface area contributed by atoms with Gasteiger partial charge in [-0.25, -0.2) is 9.78 Å². The Balaban J connectivity index is 2.17. The van der Waals surface area contributed by atoms with Crippen molar-refractivity contribution < 1.29 is 4.79 Å². The molecule has 0 aliphatic carbocycles. The predicted octanol–water partition coefficient (Wildman–Crippen LogP) is 3.17. The number of nitrogens with zero attached hydrogens (tertiary/aromatic N) is 4. The molecule has 2 aromatic heterocycles. The third-order valence-corrected chi connectivity index (χ3v) is 5.13. The first-order valence-corrected chi connectivity index (χ1v) is 9.88. The second-order valence-corrected chi connectivity index (χ2v) is 7.06. The average molecular weight is 391 g/mol. The van der Waals surface area contributed by atoms with Gasteiger partial charge in [-0.1, -0.05) is 44.0 Å². The summed E-state index contributed by atoms with van der Waals surface area (Å²) in [4.78, 5) is 29.7. The number of benzene rings is 1. The number of primary amides is 1. The molecule has 0 bridgehead atoms. The maximum atomic E-state index is 13.1. The number of pyridine rings is 1. The van der Waals surface area contributed by atoms with E-state index in [1.54, 1.807) is 10.8 Å². The maximum Gasteiger partial charge on any atom is 0.331 e. The number of nitrogens with two attached hydrogens (primary N) is 1. The lowest BCUT2D eigenvalue weighted by atomic mass is 10.0. The molecule has 2 heterocycles. The van der Waals surface area contributed by atoms with Gasteiger partial charge >= 0.3 is 5.69 Å². The number of unbranched alkanes of at least 4 members (excludes halogenated alkanes) is 1. The number of nitriles is 1. The Bertz CT molecular complexity index is 1140. The summed E-state index contributed by atoms with van der Waals surface area (Å²) in [5.74, 6) is -0.522. The SMILES string of the molecule is CCCCC(C(N)=O)n1c(=O)n(CC)c2cc(-c3cccc(CC#N)c3)cnc21. The molecule has 29 heavy (non-hydrogen) atoms. The fourth-order valence-corrected chi connectivity index (χ4v) is 3.65. The largest absolute Gasteiger partial charge is 0.368 e. The van der Waals surface area contributed by atoms with E-state index in [4.69, 9.17) is 11.0 Å². The minimum atomic E-state index is -0.713. The number of hydrogen-bond acceptors (Lipinski definition) is 4. The van der Waals surface area contributed by atoms with E-state index in [0.717, 1.165) is 29.5 Å². The molecule has 2 N–H and O–H groups in total. The Morgan fingerprint density at radius 3 is 2.72 bits per heavy atom. The number of carbonyl (C=O) groups excluding carboxylic acids is 1. The Hall–Kier alpha value is -3.40. The number of fused-ring (bicyclic) bond motifs is 1. The van der Waals surface area contributed by atoms with Gasteiger partial charge < -0.3 is 5.73 Å². The Morgan fingerprint density at radius 2 is 2.07 bits per heavy atom. The lowest BCUT2D eigenvalue weighted by molar-refractivity contribution is -0.121. The van der Waals surface area contributed by atoms with E-state index in [9.17, 15) is 9.59 Å². The van der Waals surface area contributed by atoms with Crippen molar-refractivity contribution in [1.82, 2.24) is 14.1 Å². The molecule has 1 amide bonds. The van der Waals surface area contributed by atoms with Crippen LogP contribution in [0.5, 0.6) is 0 Å². The molecule has 150 valence electrons. The topological polar surface area (TPSA) is 107 Å². The molecule has 7 nitrogen and oxygen atoms in total. The molecule has 0 saturated heterocycles. The predicted molar refractivity (Wildman–Crippen MR) is 112 cm³/mol. The molecule has 0 spiro atoms. The first-order chi connectivity index (χ1) is 14.0. The highest BCUT2D eigenvalue weighted by molar-refractivity contribution is 5.83. The van der Waals surface area contributed by atoms with Crippen LogP contribution < -0.4 is 11.4 Å². The van der Waals surface area contributed by atoms with Crippen molar-refractivity contribution in [1.29, 1.82) is 5.26 Å². The number of imidazole rings is 1. The molecule has 3 aromatic rings. The third-order valence-electron chi connectivity index (χ3n) is 5.13. The van der Waals surface area contributed by atoms with Crippen molar-refractivity contribution in [3.63, 3.8) is 0 Å². The van der Waals surface area contributed by atoms with Gasteiger partial charge in [0.25, 0.3) is 0 Å². The Morgan fingerprint density at radius 1 is 1.28 bits per heavy atom. The normalized spacial score (nSPS) is 12.0. The summed E-state index contributed by atoms with van der Waals surface area (Å²) in [5.41, 5.74) is 9.18. The number of carbonyl (C=O) groups is 1. The molecule has 0 radical (unpaired) electrons. The maximum absolute atomic E-state index is 13.1. The van der Waals surface area contributed by atoms with Gasteiger partial charge in [0, 0.05) is 18.3 Å². The summed E-state index contributed by atoms with van der Waals surface area (Å²) in [5, 5.41) is 8.94. The molecule has 0 fully saturated rings. The van der Waals surface area contributed by atoms with Gasteiger partial charge in [0.1, 0.15) is 6.04 Å². The van der Waals surface area contributed by atoms with Gasteiger partial charge in [0.15, 0.2) is 5.65 Å². The highest BCUT2D eigenvalue weighted by Crippen LogP contribution is 2.26. The first-order valence-electron chi connectivity index (χ1n) is 9.88. The number of aromatic nitrogens is 3. The minimum absolute atomic E-state index is 0.273. The second kappa shape index (κ2) is 8.74. The molecule has 7 heteroatoms. The van der Waals surface area contributed by atoms with Crippen molar-refractivity contribution in [3.8, 4) is 17.2 Å². The van der Waals surface area contributed by atoms with Crippen molar-refractivity contribution in [2.75, 3.05) is 0 Å². The van der Waals surface area contributed by atoms with E-state index in [2.05, 4.69) is 11.1 Å². The summed E-state index contributed by atoms with van der Waals surface area (Å²) in [6.45, 7) is 4.37. The summed E-state index contributed by atoms with van der Waals surface area (Å²) in [6.07, 6.45) is 4.23. The minimum Gasteiger partial charge on any atom is -0.368 e. The van der Waals surface area contributed by atoms with Crippen LogP contribution >= 0.6 is 0 Å². The van der Waals surface area contributed by atoms with Gasteiger partial charge in [-0.2, -0.15) is 5.26 Å².